The van der Waals surface area contributed by atoms with Crippen LogP contribution in [0.25, 0.3) is 10.9 Å². The van der Waals surface area contributed by atoms with E-state index in [2.05, 4.69) is 48.1 Å². The van der Waals surface area contributed by atoms with Crippen LogP contribution in [-0.4, -0.2) is 35.2 Å². The normalized spacial score (nSPS) is 11.6. The van der Waals surface area contributed by atoms with Gasteiger partial charge in [-0.15, -0.1) is 0 Å². The van der Waals surface area contributed by atoms with Gasteiger partial charge >= 0.3 is 0 Å². The van der Waals surface area contributed by atoms with E-state index in [4.69, 9.17) is 5.11 Å². The maximum absolute atomic E-state index is 8.80. The number of nitrogens with zero attached hydrogens (tertiary/aromatic N) is 1. The zero-order chi connectivity index (χ0) is 13.0. The Morgan fingerprint density at radius 2 is 2.00 bits per heavy atom. The highest BCUT2D eigenvalue weighted by molar-refractivity contribution is 5.84. The van der Waals surface area contributed by atoms with Crippen molar-refractivity contribution in [2.24, 2.45) is 0 Å². The third kappa shape index (κ3) is 2.92. The highest BCUT2D eigenvalue weighted by Crippen LogP contribution is 2.22. The number of aromatic nitrogens is 1. The topological polar surface area (TPSA) is 39.3 Å². The summed E-state index contributed by atoms with van der Waals surface area (Å²) in [6.07, 6.45) is 1.94. The second-order valence-electron chi connectivity index (χ2n) is 4.94. The number of benzene rings is 1. The molecule has 0 radical (unpaired) electrons. The smallest absolute Gasteiger partial charge is 0.0459 e. The van der Waals surface area contributed by atoms with Gasteiger partial charge < -0.3 is 15.0 Å². The Morgan fingerprint density at radius 3 is 2.78 bits per heavy atom. The second-order valence-corrected chi connectivity index (χ2v) is 4.94. The summed E-state index contributed by atoms with van der Waals surface area (Å²) in [5.74, 6) is 0. The van der Waals surface area contributed by atoms with Gasteiger partial charge in [-0.2, -0.15) is 0 Å². The van der Waals surface area contributed by atoms with Gasteiger partial charge in [-0.1, -0.05) is 18.2 Å². The third-order valence-electron chi connectivity index (χ3n) is 3.40. The van der Waals surface area contributed by atoms with Crippen molar-refractivity contribution in [2.75, 3.05) is 20.2 Å². The van der Waals surface area contributed by atoms with Gasteiger partial charge in [-0.25, -0.2) is 0 Å². The van der Waals surface area contributed by atoms with Crippen molar-refractivity contribution >= 4 is 10.9 Å². The lowest BCUT2D eigenvalue weighted by molar-refractivity contribution is 0.261. The van der Waals surface area contributed by atoms with Gasteiger partial charge in [-0.3, -0.25) is 0 Å². The van der Waals surface area contributed by atoms with Crippen LogP contribution in [0, 0.1) is 6.92 Å². The Morgan fingerprint density at radius 1 is 1.22 bits per heavy atom. The van der Waals surface area contributed by atoms with Gasteiger partial charge in [0.1, 0.15) is 0 Å². The first-order chi connectivity index (χ1) is 8.72. The molecule has 0 unspecified atom stereocenters. The van der Waals surface area contributed by atoms with Gasteiger partial charge in [0.25, 0.3) is 0 Å². The summed E-state index contributed by atoms with van der Waals surface area (Å²) < 4.78 is 0. The summed E-state index contributed by atoms with van der Waals surface area (Å²) in [6.45, 7) is 4.41. The van der Waals surface area contributed by atoms with E-state index in [0.29, 0.717) is 6.61 Å². The fourth-order valence-electron chi connectivity index (χ4n) is 2.38. The molecule has 0 spiro atoms. The molecule has 0 atom stereocenters. The average molecular weight is 246 g/mol. The lowest BCUT2D eigenvalue weighted by Crippen LogP contribution is -2.19. The maximum atomic E-state index is 8.80. The number of para-hydroxylation sites is 1. The number of fused-ring (bicyclic) bond motifs is 1. The van der Waals surface area contributed by atoms with E-state index < -0.39 is 0 Å². The number of aliphatic hydroxyl groups excluding tert-OH is 1. The Bertz CT molecular complexity index is 504. The summed E-state index contributed by atoms with van der Waals surface area (Å²) in [5, 5.41) is 10.1. The number of hydrogen-bond acceptors (Lipinski definition) is 2. The molecule has 0 aliphatic carbocycles. The van der Waals surface area contributed by atoms with Crippen molar-refractivity contribution in [3.05, 3.63) is 35.5 Å². The molecule has 1 aromatic carbocycles. The fourth-order valence-corrected chi connectivity index (χ4v) is 2.38. The predicted octanol–water partition coefficient (Wildman–Crippen LogP) is 2.68. The summed E-state index contributed by atoms with van der Waals surface area (Å²) >= 11 is 0. The molecule has 2 N–H and O–H groups in total. The first-order valence-electron chi connectivity index (χ1n) is 6.58. The number of aliphatic hydroxyl groups is 1. The van der Waals surface area contributed by atoms with Gasteiger partial charge in [0.2, 0.25) is 0 Å². The summed E-state index contributed by atoms with van der Waals surface area (Å²) in [5.41, 5.74) is 3.86. The predicted molar refractivity (Wildman–Crippen MR) is 75.7 cm³/mol. The van der Waals surface area contributed by atoms with E-state index in [1.165, 1.54) is 22.2 Å². The molecule has 3 nitrogen and oxygen atoms in total. The molecular formula is C15H22N2O. The molecule has 1 heterocycles. The number of H-pyrrole nitrogens is 1. The van der Waals surface area contributed by atoms with Crippen LogP contribution in [0.1, 0.15) is 24.1 Å². The highest BCUT2D eigenvalue weighted by Gasteiger charge is 2.09. The van der Waals surface area contributed by atoms with Crippen molar-refractivity contribution in [1.29, 1.82) is 0 Å². The van der Waals surface area contributed by atoms with Crippen LogP contribution in [0.3, 0.4) is 0 Å². The Hall–Kier alpha value is -1.32. The monoisotopic (exact) mass is 246 g/mol. The zero-order valence-corrected chi connectivity index (χ0v) is 11.2. The molecule has 2 rings (SSSR count). The first kappa shape index (κ1) is 13.1. The number of nitrogens with one attached hydrogen (secondary N) is 1. The van der Waals surface area contributed by atoms with Crippen molar-refractivity contribution < 1.29 is 5.11 Å². The second kappa shape index (κ2) is 6.03. The van der Waals surface area contributed by atoms with E-state index in [9.17, 15) is 0 Å². The Balaban J connectivity index is 2.08. The minimum Gasteiger partial charge on any atom is -0.396 e. The van der Waals surface area contributed by atoms with Crippen LogP contribution in [0.2, 0.25) is 0 Å². The quantitative estimate of drug-likeness (QED) is 0.769. The van der Waals surface area contributed by atoms with E-state index in [1.807, 2.05) is 0 Å². The number of hydrogen-bond donors (Lipinski definition) is 2. The lowest BCUT2D eigenvalue weighted by atomic mass is 10.1. The Labute approximate surface area is 108 Å². The molecule has 1 aromatic heterocycles. The molecule has 0 aliphatic heterocycles. The number of rotatable bonds is 6. The molecule has 18 heavy (non-hydrogen) atoms. The van der Waals surface area contributed by atoms with Crippen molar-refractivity contribution in [3.63, 3.8) is 0 Å². The van der Waals surface area contributed by atoms with E-state index in [1.54, 1.807) is 0 Å². The van der Waals surface area contributed by atoms with E-state index in [0.717, 1.165) is 25.9 Å². The number of aryl methyl sites for hydroxylation is 1. The van der Waals surface area contributed by atoms with Gasteiger partial charge in [0.05, 0.1) is 0 Å². The number of aromatic amines is 1. The summed E-state index contributed by atoms with van der Waals surface area (Å²) in [7, 11) is 2.14. The van der Waals surface area contributed by atoms with Gasteiger partial charge in [-0.05, 0) is 45.0 Å². The molecule has 0 fully saturated rings. The Kier molecular flexibility index (Phi) is 4.39. The highest BCUT2D eigenvalue weighted by atomic mass is 16.2. The molecule has 0 aliphatic rings. The lowest BCUT2D eigenvalue weighted by Gasteiger charge is -2.16. The van der Waals surface area contributed by atoms with E-state index in [-0.39, 0.29) is 0 Å². The van der Waals surface area contributed by atoms with Crippen LogP contribution < -0.4 is 0 Å². The molecule has 98 valence electrons. The van der Waals surface area contributed by atoms with Crippen molar-refractivity contribution in [1.82, 2.24) is 9.88 Å². The van der Waals surface area contributed by atoms with Crippen LogP contribution in [-0.2, 0) is 6.54 Å². The average Bonchev–Trinajstić information content (AvgIpc) is 2.67. The largest absolute Gasteiger partial charge is 0.396 e. The van der Waals surface area contributed by atoms with Crippen molar-refractivity contribution in [3.8, 4) is 0 Å². The minimum atomic E-state index is 0.292. The first-order valence-corrected chi connectivity index (χ1v) is 6.58. The van der Waals surface area contributed by atoms with Gasteiger partial charge in [0, 0.05) is 29.7 Å². The van der Waals surface area contributed by atoms with E-state index >= 15 is 0 Å². The van der Waals surface area contributed by atoms with Crippen LogP contribution in [0.5, 0.6) is 0 Å². The summed E-state index contributed by atoms with van der Waals surface area (Å²) in [4.78, 5) is 5.75. The molecule has 3 heteroatoms. The number of unbranched alkanes of at least 4 members (excludes halogenated alkanes) is 1. The molecular weight excluding hydrogens is 224 g/mol. The third-order valence-corrected chi connectivity index (χ3v) is 3.40. The van der Waals surface area contributed by atoms with Crippen LogP contribution >= 0.6 is 0 Å². The minimum absolute atomic E-state index is 0.292. The summed E-state index contributed by atoms with van der Waals surface area (Å²) in [6, 6.07) is 8.45. The van der Waals surface area contributed by atoms with Crippen LogP contribution in [0.4, 0.5) is 0 Å². The molecule has 0 saturated heterocycles. The molecule has 0 saturated carbocycles. The molecule has 0 bridgehead atoms. The maximum Gasteiger partial charge on any atom is 0.0459 e. The fraction of sp³-hybridized carbons (Fsp3) is 0.467. The van der Waals surface area contributed by atoms with Crippen molar-refractivity contribution in [2.45, 2.75) is 26.3 Å². The molecule has 2 aromatic rings. The zero-order valence-electron chi connectivity index (χ0n) is 11.2. The standard InChI is InChI=1S/C15H22N2O/c1-12-14(11-17(2)9-5-6-10-18)13-7-3-4-8-15(13)16-12/h3-4,7-8,16,18H,5-6,9-11H2,1-2H3. The van der Waals surface area contributed by atoms with Crippen LogP contribution in [0.15, 0.2) is 24.3 Å². The van der Waals surface area contributed by atoms with Gasteiger partial charge in [0.15, 0.2) is 0 Å². The SMILES string of the molecule is Cc1[nH]c2ccccc2c1CN(C)CCCCO. The molecule has 0 amide bonds.